The van der Waals surface area contributed by atoms with Crippen molar-refractivity contribution in [2.75, 3.05) is 20.8 Å². The Labute approximate surface area is 305 Å². The van der Waals surface area contributed by atoms with Crippen molar-refractivity contribution >= 4 is 11.8 Å². The molecule has 3 aliphatic rings. The number of hydrogen-bond donors (Lipinski definition) is 2. The summed E-state index contributed by atoms with van der Waals surface area (Å²) in [4.78, 5) is 26.4. The second-order valence-electron chi connectivity index (χ2n) is 14.3. The van der Waals surface area contributed by atoms with E-state index in [1.54, 1.807) is 14.2 Å². The number of rotatable bonds is 6. The molecule has 0 bridgehead atoms. The van der Waals surface area contributed by atoms with E-state index in [-0.39, 0.29) is 47.8 Å². The van der Waals surface area contributed by atoms with Gasteiger partial charge in [0.15, 0.2) is 6.29 Å². The van der Waals surface area contributed by atoms with Crippen LogP contribution in [0.4, 0.5) is 0 Å². The summed E-state index contributed by atoms with van der Waals surface area (Å²) in [6.45, 7) is 32.9. The predicted molar refractivity (Wildman–Crippen MR) is 201 cm³/mol. The zero-order valence-electron chi connectivity index (χ0n) is 34.7. The number of nitrogens with two attached hydrogens (primary N) is 1. The summed E-state index contributed by atoms with van der Waals surface area (Å²) in [5, 5.41) is 10.8. The Balaban J connectivity index is 0.00000319. The average Bonchev–Trinajstić information content (AvgIpc) is 3.42. The second kappa shape index (κ2) is 21.8. The third kappa shape index (κ3) is 11.2. The van der Waals surface area contributed by atoms with Crippen LogP contribution in [0.3, 0.4) is 0 Å². The molecule has 0 saturated carbocycles. The quantitative estimate of drug-likeness (QED) is 0.264. The molecule has 50 heavy (non-hydrogen) atoms. The number of hydrogen-bond acceptors (Lipinski definition) is 10. The fraction of sp³-hybridized carbons (Fsp3) is 0.900. The Morgan fingerprint density at radius 1 is 0.920 bits per heavy atom. The number of esters is 1. The fourth-order valence-corrected chi connectivity index (χ4v) is 8.12. The molecule has 296 valence electrons. The molecule has 10 heteroatoms. The number of ketones is 1. The number of aliphatic hydroxyl groups is 1. The molecule has 3 fully saturated rings. The first-order chi connectivity index (χ1) is 23.4. The summed E-state index contributed by atoms with van der Waals surface area (Å²) in [6, 6.07) is 0. The highest BCUT2D eigenvalue weighted by molar-refractivity contribution is 5.83. The minimum Gasteiger partial charge on any atom is -0.491 e. The first-order valence-corrected chi connectivity index (χ1v) is 19.3. The lowest BCUT2D eigenvalue weighted by molar-refractivity contribution is -0.298. The van der Waals surface area contributed by atoms with Gasteiger partial charge in [0.1, 0.15) is 23.6 Å². The number of fused-ring (bicyclic) bond motifs is 1. The van der Waals surface area contributed by atoms with Crippen molar-refractivity contribution < 1.29 is 43.1 Å². The van der Waals surface area contributed by atoms with Crippen LogP contribution in [-0.4, -0.2) is 85.1 Å². The van der Waals surface area contributed by atoms with Crippen LogP contribution in [0.5, 0.6) is 0 Å². The molecule has 3 rings (SSSR count). The van der Waals surface area contributed by atoms with Gasteiger partial charge in [0.05, 0.1) is 35.6 Å². The van der Waals surface area contributed by atoms with Gasteiger partial charge in [-0.2, -0.15) is 0 Å². The zero-order valence-corrected chi connectivity index (χ0v) is 34.7. The maximum atomic E-state index is 13.7. The van der Waals surface area contributed by atoms with Gasteiger partial charge in [0, 0.05) is 44.8 Å². The largest absolute Gasteiger partial charge is 0.491 e. The second-order valence-corrected chi connectivity index (χ2v) is 14.3. The number of methoxy groups -OCH3 is 2. The summed E-state index contributed by atoms with van der Waals surface area (Å²) in [6.07, 6.45) is -0.0891. The van der Waals surface area contributed by atoms with Gasteiger partial charge in [0.25, 0.3) is 0 Å². The lowest BCUT2D eigenvalue weighted by atomic mass is 9.69. The summed E-state index contributed by atoms with van der Waals surface area (Å²) in [5.74, 6) is -0.717. The molecular weight excluding hydrogens is 638 g/mol. The molecule has 13 atom stereocenters. The summed E-state index contributed by atoms with van der Waals surface area (Å²) in [5.41, 5.74) is 2.41. The van der Waals surface area contributed by atoms with Crippen molar-refractivity contribution in [2.45, 2.75) is 183 Å². The van der Waals surface area contributed by atoms with Crippen molar-refractivity contribution in [3.63, 3.8) is 0 Å². The minimum absolute atomic E-state index is 0.0211. The molecule has 3 aliphatic heterocycles. The van der Waals surface area contributed by atoms with Crippen molar-refractivity contribution in [2.24, 2.45) is 35.3 Å². The van der Waals surface area contributed by atoms with Gasteiger partial charge in [-0.3, -0.25) is 9.59 Å². The molecule has 3 saturated heterocycles. The predicted octanol–water partition coefficient (Wildman–Crippen LogP) is 7.62. The van der Waals surface area contributed by atoms with E-state index in [0.29, 0.717) is 31.4 Å². The maximum Gasteiger partial charge on any atom is 0.306 e. The van der Waals surface area contributed by atoms with E-state index >= 15 is 0 Å². The summed E-state index contributed by atoms with van der Waals surface area (Å²) in [7, 11) is 3.30. The van der Waals surface area contributed by atoms with Gasteiger partial charge in [-0.1, -0.05) is 82.2 Å². The van der Waals surface area contributed by atoms with Gasteiger partial charge in [0.2, 0.25) is 0 Å². The topological polar surface area (TPSA) is 136 Å². The van der Waals surface area contributed by atoms with Gasteiger partial charge in [-0.15, -0.1) is 0 Å². The van der Waals surface area contributed by atoms with Crippen molar-refractivity contribution in [1.82, 2.24) is 0 Å². The van der Waals surface area contributed by atoms with Crippen molar-refractivity contribution in [3.05, 3.63) is 12.3 Å². The Bertz CT molecular complexity index is 1020. The van der Waals surface area contributed by atoms with Gasteiger partial charge >= 0.3 is 5.97 Å². The minimum atomic E-state index is -0.982. The molecule has 0 amide bonds. The van der Waals surface area contributed by atoms with E-state index in [1.807, 2.05) is 76.2 Å². The monoisotopic (exact) mass is 716 g/mol. The Morgan fingerprint density at radius 3 is 1.94 bits per heavy atom. The Morgan fingerprint density at radius 2 is 1.46 bits per heavy atom. The van der Waals surface area contributed by atoms with E-state index in [0.717, 1.165) is 13.0 Å². The molecule has 0 unspecified atom stereocenters. The number of aliphatic hydroxyl groups excluding tert-OH is 1. The Kier molecular flexibility index (Phi) is 21.2. The van der Waals surface area contributed by atoms with Crippen LogP contribution in [0.25, 0.3) is 0 Å². The Hall–Kier alpha value is -1.56. The van der Waals surface area contributed by atoms with E-state index in [9.17, 15) is 14.7 Å². The van der Waals surface area contributed by atoms with Crippen molar-refractivity contribution in [1.29, 1.82) is 0 Å². The highest BCUT2D eigenvalue weighted by atomic mass is 16.7. The van der Waals surface area contributed by atoms with E-state index in [4.69, 9.17) is 34.2 Å². The van der Waals surface area contributed by atoms with Crippen LogP contribution in [0, 0.1) is 29.6 Å². The number of carbonyl (C=O) groups excluding carboxylic acids is 2. The van der Waals surface area contributed by atoms with Crippen molar-refractivity contribution in [3.8, 4) is 0 Å². The molecule has 3 N–H and O–H groups in total. The SMILES string of the molecule is C=C1O[C@H](CC)[C@@]2(C)OC(=O)C[C@@H]2[C@@H](C)C(=O)CC[C@@](C)(OC)[C@H](CC)[C@@H](C)[C@H](O[C@H]2C[C@@](C)(OC)[C@@H](O)[C@H](C)O2)[C@H]1C.CC.CC.CCN. The van der Waals surface area contributed by atoms with Crippen LogP contribution in [0.1, 0.15) is 135 Å². The average molecular weight is 716 g/mol. The first kappa shape index (κ1) is 48.4. The number of carbonyl (C=O) groups is 2. The van der Waals surface area contributed by atoms with E-state index in [1.165, 1.54) is 0 Å². The van der Waals surface area contributed by atoms with Gasteiger partial charge in [-0.25, -0.2) is 0 Å². The highest BCUT2D eigenvalue weighted by Gasteiger charge is 2.56. The van der Waals surface area contributed by atoms with Crippen LogP contribution < -0.4 is 5.73 Å². The van der Waals surface area contributed by atoms with Crippen LogP contribution >= 0.6 is 0 Å². The third-order valence-electron chi connectivity index (χ3n) is 11.4. The van der Waals surface area contributed by atoms with Gasteiger partial charge < -0.3 is 39.3 Å². The molecule has 0 aliphatic carbocycles. The molecule has 0 aromatic heterocycles. The lowest BCUT2D eigenvalue weighted by Crippen LogP contribution is -2.57. The third-order valence-corrected chi connectivity index (χ3v) is 11.4. The summed E-state index contributed by atoms with van der Waals surface area (Å²) < 4.78 is 37.6. The van der Waals surface area contributed by atoms with Crippen LogP contribution in [-0.2, 0) is 38.0 Å². The highest BCUT2D eigenvalue weighted by Crippen LogP contribution is 2.47. The first-order valence-electron chi connectivity index (χ1n) is 19.3. The molecule has 0 spiro atoms. The molecule has 0 radical (unpaired) electrons. The zero-order chi connectivity index (χ0) is 39.2. The van der Waals surface area contributed by atoms with Gasteiger partial charge in [-0.05, 0) is 58.9 Å². The van der Waals surface area contributed by atoms with E-state index in [2.05, 4.69) is 27.4 Å². The van der Waals surface area contributed by atoms with E-state index < -0.39 is 47.5 Å². The molecule has 3 heterocycles. The molecule has 0 aromatic rings. The summed E-state index contributed by atoms with van der Waals surface area (Å²) >= 11 is 0. The molecule has 10 nitrogen and oxygen atoms in total. The standard InChI is InChI=1S/C34H58O9.C2H7N.2C2H6/c1-13-24-21(5)30(42-29-18-33(9,39-12)31(37)23(7)41-29)19(3)22(6)40-27(14-2)34(10)25(17-28(36)43-34)20(4)26(35)15-16-32(24,8)38-11;1-2-3;2*1-2/h19-21,23-25,27,29-31,37H,6,13-18H2,1-5,7-12H3;2-3H2,1H3;2*1-2H3/t19-,20+,21+,23-,24+,25+,27+,29-,30+,31-,32+,33+,34-;;;/m0.../s1. The smallest absolute Gasteiger partial charge is 0.306 e. The lowest BCUT2D eigenvalue weighted by Gasteiger charge is -2.48. The fourth-order valence-electron chi connectivity index (χ4n) is 8.12. The molecular formula is C40H77NO9. The normalized spacial score (nSPS) is 41.0. The van der Waals surface area contributed by atoms with Crippen LogP contribution in [0.15, 0.2) is 12.3 Å². The molecule has 0 aromatic carbocycles. The van der Waals surface area contributed by atoms with Crippen LogP contribution in [0.2, 0.25) is 0 Å². The number of Topliss-reactive ketones (excluding diaryl/α,β-unsaturated/α-hetero) is 1. The number of ether oxygens (including phenoxy) is 6. The maximum absolute atomic E-state index is 13.7.